The van der Waals surface area contributed by atoms with Gasteiger partial charge in [0, 0.05) is 5.69 Å². The standard InChI is InChI=1S/C11H16N2O2S/c1-2-5-14-9-6-16-11-8(13)4-3-7(12)10(11)15-9/h3-4,9H,2,5-6,12-13H2,1H3. The van der Waals surface area contributed by atoms with Crippen LogP contribution in [0.25, 0.3) is 0 Å². The third kappa shape index (κ3) is 2.20. The largest absolute Gasteiger partial charge is 0.461 e. The molecule has 1 aromatic carbocycles. The third-order valence-corrected chi connectivity index (χ3v) is 3.44. The van der Waals surface area contributed by atoms with Crippen LogP contribution in [-0.2, 0) is 4.74 Å². The van der Waals surface area contributed by atoms with Crippen molar-refractivity contribution in [2.75, 3.05) is 23.8 Å². The van der Waals surface area contributed by atoms with E-state index >= 15 is 0 Å². The average Bonchev–Trinajstić information content (AvgIpc) is 2.31. The Balaban J connectivity index is 2.16. The summed E-state index contributed by atoms with van der Waals surface area (Å²) >= 11 is 1.63. The molecule has 1 atom stereocenters. The lowest BCUT2D eigenvalue weighted by Gasteiger charge is -2.27. The summed E-state index contributed by atoms with van der Waals surface area (Å²) in [6, 6.07) is 3.56. The van der Waals surface area contributed by atoms with Crippen molar-refractivity contribution in [2.45, 2.75) is 24.5 Å². The number of hydrogen-bond acceptors (Lipinski definition) is 5. The van der Waals surface area contributed by atoms with Crippen LogP contribution >= 0.6 is 11.8 Å². The van der Waals surface area contributed by atoms with E-state index < -0.39 is 0 Å². The Kier molecular flexibility index (Phi) is 3.46. The zero-order valence-electron chi connectivity index (χ0n) is 9.23. The lowest BCUT2D eigenvalue weighted by atomic mass is 10.2. The molecule has 0 saturated carbocycles. The van der Waals surface area contributed by atoms with Gasteiger partial charge >= 0.3 is 0 Å². The van der Waals surface area contributed by atoms with Gasteiger partial charge in [-0.15, -0.1) is 11.8 Å². The van der Waals surface area contributed by atoms with Gasteiger partial charge in [0.05, 0.1) is 22.9 Å². The lowest BCUT2D eigenvalue weighted by molar-refractivity contribution is -0.0658. The molecule has 88 valence electrons. The highest BCUT2D eigenvalue weighted by Crippen LogP contribution is 2.43. The van der Waals surface area contributed by atoms with Gasteiger partial charge in [0.2, 0.25) is 6.29 Å². The Labute approximate surface area is 99.3 Å². The maximum atomic E-state index is 5.86. The van der Waals surface area contributed by atoms with Crippen molar-refractivity contribution >= 4 is 23.1 Å². The van der Waals surface area contributed by atoms with Crippen molar-refractivity contribution in [3.8, 4) is 5.75 Å². The van der Waals surface area contributed by atoms with Gasteiger partial charge in [0.15, 0.2) is 5.75 Å². The first kappa shape index (κ1) is 11.4. The second-order valence-corrected chi connectivity index (χ2v) is 4.66. The molecule has 4 N–H and O–H groups in total. The quantitative estimate of drug-likeness (QED) is 0.792. The number of benzene rings is 1. The van der Waals surface area contributed by atoms with Crippen LogP contribution in [0.2, 0.25) is 0 Å². The second kappa shape index (κ2) is 4.84. The Morgan fingerprint density at radius 1 is 1.44 bits per heavy atom. The van der Waals surface area contributed by atoms with Crippen molar-refractivity contribution in [3.05, 3.63) is 12.1 Å². The number of fused-ring (bicyclic) bond motifs is 1. The van der Waals surface area contributed by atoms with Crippen molar-refractivity contribution in [2.24, 2.45) is 0 Å². The molecular formula is C11H16N2O2S. The summed E-state index contributed by atoms with van der Waals surface area (Å²) in [6.45, 7) is 2.76. The van der Waals surface area contributed by atoms with E-state index in [1.54, 1.807) is 23.9 Å². The summed E-state index contributed by atoms with van der Waals surface area (Å²) in [4.78, 5) is 0.927. The molecule has 0 aromatic heterocycles. The molecule has 1 aliphatic rings. The molecule has 0 radical (unpaired) electrons. The maximum absolute atomic E-state index is 5.86. The fourth-order valence-electron chi connectivity index (χ4n) is 1.51. The maximum Gasteiger partial charge on any atom is 0.209 e. The van der Waals surface area contributed by atoms with Gasteiger partial charge in [-0.3, -0.25) is 0 Å². The van der Waals surface area contributed by atoms with Crippen LogP contribution in [0.3, 0.4) is 0 Å². The van der Waals surface area contributed by atoms with Crippen LogP contribution in [-0.4, -0.2) is 18.6 Å². The van der Waals surface area contributed by atoms with Gasteiger partial charge in [-0.1, -0.05) is 6.92 Å². The molecule has 1 unspecified atom stereocenters. The summed E-state index contributed by atoms with van der Waals surface area (Å²) < 4.78 is 11.2. The zero-order valence-corrected chi connectivity index (χ0v) is 10.0. The number of thioether (sulfide) groups is 1. The Hall–Kier alpha value is -1.07. The van der Waals surface area contributed by atoms with Crippen molar-refractivity contribution in [1.29, 1.82) is 0 Å². The van der Waals surface area contributed by atoms with E-state index in [4.69, 9.17) is 20.9 Å². The van der Waals surface area contributed by atoms with E-state index in [-0.39, 0.29) is 6.29 Å². The Bertz CT molecular complexity index is 384. The molecule has 0 bridgehead atoms. The van der Waals surface area contributed by atoms with Crippen LogP contribution in [0, 0.1) is 0 Å². The Morgan fingerprint density at radius 2 is 2.19 bits per heavy atom. The van der Waals surface area contributed by atoms with Gasteiger partial charge in [-0.2, -0.15) is 0 Å². The van der Waals surface area contributed by atoms with Crippen molar-refractivity contribution in [3.63, 3.8) is 0 Å². The average molecular weight is 240 g/mol. The van der Waals surface area contributed by atoms with Gasteiger partial charge in [-0.25, -0.2) is 0 Å². The van der Waals surface area contributed by atoms with Gasteiger partial charge < -0.3 is 20.9 Å². The molecule has 0 saturated heterocycles. The number of rotatable bonds is 3. The van der Waals surface area contributed by atoms with E-state index in [1.165, 1.54) is 0 Å². The highest BCUT2D eigenvalue weighted by atomic mass is 32.2. The molecule has 4 nitrogen and oxygen atoms in total. The van der Waals surface area contributed by atoms with Crippen molar-refractivity contribution < 1.29 is 9.47 Å². The van der Waals surface area contributed by atoms with Crippen LogP contribution in [0.4, 0.5) is 11.4 Å². The van der Waals surface area contributed by atoms with Crippen LogP contribution < -0.4 is 16.2 Å². The fraction of sp³-hybridized carbons (Fsp3) is 0.455. The lowest BCUT2D eigenvalue weighted by Crippen LogP contribution is -2.27. The number of nitrogen functional groups attached to an aromatic ring is 2. The zero-order chi connectivity index (χ0) is 11.5. The highest BCUT2D eigenvalue weighted by molar-refractivity contribution is 7.99. The number of ether oxygens (including phenoxy) is 2. The number of hydrogen-bond donors (Lipinski definition) is 2. The molecule has 16 heavy (non-hydrogen) atoms. The monoisotopic (exact) mass is 240 g/mol. The molecule has 1 aromatic rings. The second-order valence-electron chi connectivity index (χ2n) is 3.63. The minimum atomic E-state index is -0.221. The minimum Gasteiger partial charge on any atom is -0.461 e. The summed E-state index contributed by atoms with van der Waals surface area (Å²) in [7, 11) is 0. The SMILES string of the molecule is CCCOC1CSc2c(N)ccc(N)c2O1. The molecular weight excluding hydrogens is 224 g/mol. The van der Waals surface area contributed by atoms with Crippen LogP contribution in [0.5, 0.6) is 5.75 Å². The molecule has 2 rings (SSSR count). The molecule has 1 aliphatic heterocycles. The van der Waals surface area contributed by atoms with E-state index in [0.717, 1.165) is 17.1 Å². The molecule has 0 spiro atoms. The Morgan fingerprint density at radius 3 is 2.94 bits per heavy atom. The predicted octanol–water partition coefficient (Wildman–Crippen LogP) is 2.09. The van der Waals surface area contributed by atoms with Crippen molar-refractivity contribution in [1.82, 2.24) is 0 Å². The first-order valence-electron chi connectivity index (χ1n) is 5.31. The normalized spacial score (nSPS) is 18.9. The smallest absolute Gasteiger partial charge is 0.209 e. The first-order chi connectivity index (χ1) is 7.72. The molecule has 0 aliphatic carbocycles. The van der Waals surface area contributed by atoms with E-state index in [0.29, 0.717) is 23.7 Å². The van der Waals surface area contributed by atoms with E-state index in [1.807, 2.05) is 0 Å². The predicted molar refractivity (Wildman–Crippen MR) is 66.6 cm³/mol. The topological polar surface area (TPSA) is 70.5 Å². The van der Waals surface area contributed by atoms with Gasteiger partial charge in [-0.05, 0) is 18.6 Å². The van der Waals surface area contributed by atoms with Crippen LogP contribution in [0.15, 0.2) is 17.0 Å². The molecule has 0 fully saturated rings. The third-order valence-electron chi connectivity index (χ3n) is 2.29. The van der Waals surface area contributed by atoms with Gasteiger partial charge in [0.25, 0.3) is 0 Å². The van der Waals surface area contributed by atoms with Gasteiger partial charge in [0.1, 0.15) is 0 Å². The summed E-state index contributed by atoms with van der Waals surface area (Å²) in [5.41, 5.74) is 13.0. The summed E-state index contributed by atoms with van der Waals surface area (Å²) in [6.07, 6.45) is 0.755. The van der Waals surface area contributed by atoms with Crippen LogP contribution in [0.1, 0.15) is 13.3 Å². The first-order valence-corrected chi connectivity index (χ1v) is 6.30. The summed E-state index contributed by atoms with van der Waals surface area (Å²) in [5.74, 6) is 1.41. The molecule has 1 heterocycles. The molecule has 0 amide bonds. The summed E-state index contributed by atoms with van der Waals surface area (Å²) in [5, 5.41) is 0. The highest BCUT2D eigenvalue weighted by Gasteiger charge is 2.24. The minimum absolute atomic E-state index is 0.221. The van der Waals surface area contributed by atoms with E-state index in [9.17, 15) is 0 Å². The van der Waals surface area contributed by atoms with E-state index in [2.05, 4.69) is 6.92 Å². The fourth-order valence-corrected chi connectivity index (χ4v) is 2.51. The number of anilines is 2. The number of nitrogens with two attached hydrogens (primary N) is 2. The molecule has 5 heteroatoms.